The lowest BCUT2D eigenvalue weighted by Crippen LogP contribution is -2.43. The van der Waals surface area contributed by atoms with Gasteiger partial charge in [-0.1, -0.05) is 11.6 Å². The number of sulfonamides is 1. The van der Waals surface area contributed by atoms with E-state index in [1.54, 1.807) is 17.6 Å². The van der Waals surface area contributed by atoms with Gasteiger partial charge in [0.25, 0.3) is 0 Å². The molecule has 1 N–H and O–H groups in total. The molecule has 27 heavy (non-hydrogen) atoms. The SMILES string of the molecule is O=C(Nc1ccc2scnc2c1)[C@H]1CCCN1S(=O)(=O)c1ccc(Cl)cc1. The standard InChI is InChI=1S/C18H16ClN3O3S2/c19-12-3-6-14(7-4-12)27(24,25)22-9-1-2-16(22)18(23)21-13-5-8-17-15(10-13)20-11-26-17/h3-8,10-11,16H,1-2,9H2,(H,21,23)/t16-/m1/s1. The molecular formula is C18H16ClN3O3S2. The lowest BCUT2D eigenvalue weighted by molar-refractivity contribution is -0.119. The molecule has 6 nitrogen and oxygen atoms in total. The lowest BCUT2D eigenvalue weighted by atomic mass is 10.2. The van der Waals surface area contributed by atoms with Crippen molar-refractivity contribution >= 4 is 54.8 Å². The molecule has 0 aliphatic carbocycles. The van der Waals surface area contributed by atoms with Crippen molar-refractivity contribution in [3.05, 3.63) is 53.0 Å². The van der Waals surface area contributed by atoms with Crippen molar-refractivity contribution in [1.82, 2.24) is 9.29 Å². The Morgan fingerprint density at radius 3 is 2.78 bits per heavy atom. The minimum absolute atomic E-state index is 0.135. The third-order valence-electron chi connectivity index (χ3n) is 4.52. The van der Waals surface area contributed by atoms with Crippen molar-refractivity contribution in [2.45, 2.75) is 23.8 Å². The molecule has 3 aromatic rings. The molecular weight excluding hydrogens is 406 g/mol. The Hall–Kier alpha value is -2.00. The van der Waals surface area contributed by atoms with Gasteiger partial charge >= 0.3 is 0 Å². The van der Waals surface area contributed by atoms with E-state index in [0.29, 0.717) is 30.1 Å². The fourth-order valence-electron chi connectivity index (χ4n) is 3.19. The first-order valence-corrected chi connectivity index (χ1v) is 11.1. The quantitative estimate of drug-likeness (QED) is 0.695. The number of nitrogens with zero attached hydrogens (tertiary/aromatic N) is 2. The topological polar surface area (TPSA) is 79.4 Å². The Bertz CT molecular complexity index is 1100. The first-order chi connectivity index (χ1) is 12.9. The van der Waals surface area contributed by atoms with Gasteiger partial charge in [-0.2, -0.15) is 4.31 Å². The number of amides is 1. The van der Waals surface area contributed by atoms with Crippen LogP contribution in [-0.2, 0) is 14.8 Å². The van der Waals surface area contributed by atoms with Crippen molar-refractivity contribution < 1.29 is 13.2 Å². The predicted molar refractivity (Wildman–Crippen MR) is 107 cm³/mol. The number of anilines is 1. The highest BCUT2D eigenvalue weighted by Gasteiger charge is 2.39. The highest BCUT2D eigenvalue weighted by molar-refractivity contribution is 7.89. The van der Waals surface area contributed by atoms with Gasteiger partial charge in [0.15, 0.2) is 0 Å². The van der Waals surface area contributed by atoms with Crippen LogP contribution in [0.25, 0.3) is 10.2 Å². The molecule has 0 radical (unpaired) electrons. The van der Waals surface area contributed by atoms with E-state index in [0.717, 1.165) is 10.2 Å². The maximum atomic E-state index is 12.9. The summed E-state index contributed by atoms with van der Waals surface area (Å²) in [4.78, 5) is 17.1. The molecule has 1 atom stereocenters. The zero-order chi connectivity index (χ0) is 19.0. The van der Waals surface area contributed by atoms with E-state index in [4.69, 9.17) is 11.6 Å². The van der Waals surface area contributed by atoms with E-state index in [2.05, 4.69) is 10.3 Å². The number of fused-ring (bicyclic) bond motifs is 1. The Morgan fingerprint density at radius 2 is 2.00 bits per heavy atom. The van der Waals surface area contributed by atoms with Crippen molar-refractivity contribution in [1.29, 1.82) is 0 Å². The maximum absolute atomic E-state index is 12.9. The molecule has 0 bridgehead atoms. The molecule has 0 unspecified atom stereocenters. The molecule has 2 heterocycles. The van der Waals surface area contributed by atoms with Gasteiger partial charge in [0.05, 0.1) is 20.6 Å². The van der Waals surface area contributed by atoms with Gasteiger partial charge in [-0.05, 0) is 55.3 Å². The monoisotopic (exact) mass is 421 g/mol. The second kappa shape index (κ2) is 7.20. The Balaban J connectivity index is 1.56. The van der Waals surface area contributed by atoms with E-state index >= 15 is 0 Å². The highest BCUT2D eigenvalue weighted by atomic mass is 35.5. The molecule has 1 aromatic heterocycles. The number of nitrogens with one attached hydrogen (secondary N) is 1. The number of rotatable bonds is 4. The van der Waals surface area contributed by atoms with Crippen molar-refractivity contribution in [2.75, 3.05) is 11.9 Å². The fraction of sp³-hybridized carbons (Fsp3) is 0.222. The number of carbonyl (C=O) groups excluding carboxylic acids is 1. The van der Waals surface area contributed by atoms with Gasteiger partial charge in [-0.25, -0.2) is 13.4 Å². The Labute approximate surface area is 165 Å². The molecule has 1 fully saturated rings. The first-order valence-electron chi connectivity index (χ1n) is 8.37. The molecule has 140 valence electrons. The number of halogens is 1. The van der Waals surface area contributed by atoms with Crippen LogP contribution < -0.4 is 5.32 Å². The van der Waals surface area contributed by atoms with Gasteiger partial charge in [0.2, 0.25) is 15.9 Å². The van der Waals surface area contributed by atoms with Crippen molar-refractivity contribution in [3.63, 3.8) is 0 Å². The van der Waals surface area contributed by atoms with Crippen LogP contribution in [0.15, 0.2) is 52.9 Å². The van der Waals surface area contributed by atoms with Crippen LogP contribution in [0, 0.1) is 0 Å². The summed E-state index contributed by atoms with van der Waals surface area (Å²) in [6, 6.07) is 10.7. The van der Waals surface area contributed by atoms with Crippen LogP contribution in [0.3, 0.4) is 0 Å². The van der Waals surface area contributed by atoms with E-state index in [1.165, 1.54) is 39.9 Å². The number of thiazole rings is 1. The van der Waals surface area contributed by atoms with Crippen LogP contribution in [0.1, 0.15) is 12.8 Å². The van der Waals surface area contributed by atoms with Crippen LogP contribution >= 0.6 is 22.9 Å². The van der Waals surface area contributed by atoms with E-state index in [1.807, 2.05) is 6.07 Å². The summed E-state index contributed by atoms with van der Waals surface area (Å²) in [5, 5.41) is 3.29. The first kappa shape index (κ1) is 18.4. The minimum Gasteiger partial charge on any atom is -0.325 e. The zero-order valence-corrected chi connectivity index (χ0v) is 16.5. The average Bonchev–Trinajstić information content (AvgIpc) is 3.31. The Morgan fingerprint density at radius 1 is 1.22 bits per heavy atom. The second-order valence-corrected chi connectivity index (χ2v) is 9.47. The number of aromatic nitrogens is 1. The molecule has 1 amide bonds. The third kappa shape index (κ3) is 3.58. The number of benzene rings is 2. The normalized spacial score (nSPS) is 18.0. The smallest absolute Gasteiger partial charge is 0.243 e. The summed E-state index contributed by atoms with van der Waals surface area (Å²) < 4.78 is 28.2. The minimum atomic E-state index is -3.76. The largest absolute Gasteiger partial charge is 0.325 e. The van der Waals surface area contributed by atoms with Crippen LogP contribution in [0.5, 0.6) is 0 Å². The summed E-state index contributed by atoms with van der Waals surface area (Å²) in [6.45, 7) is 0.314. The van der Waals surface area contributed by atoms with Crippen LogP contribution in [-0.4, -0.2) is 36.2 Å². The molecule has 2 aromatic carbocycles. The summed E-state index contributed by atoms with van der Waals surface area (Å²) in [5.41, 5.74) is 3.15. The molecule has 1 saturated heterocycles. The zero-order valence-electron chi connectivity index (χ0n) is 14.1. The second-order valence-electron chi connectivity index (χ2n) is 6.25. The van der Waals surface area contributed by atoms with Crippen molar-refractivity contribution in [2.24, 2.45) is 0 Å². The lowest BCUT2D eigenvalue weighted by Gasteiger charge is -2.23. The molecule has 4 rings (SSSR count). The van der Waals surface area contributed by atoms with E-state index < -0.39 is 16.1 Å². The number of carbonyl (C=O) groups is 1. The molecule has 0 spiro atoms. The van der Waals surface area contributed by atoms with E-state index in [-0.39, 0.29) is 10.8 Å². The van der Waals surface area contributed by atoms with Gasteiger partial charge < -0.3 is 5.32 Å². The number of hydrogen-bond acceptors (Lipinski definition) is 5. The third-order valence-corrected chi connectivity index (χ3v) is 7.51. The summed E-state index contributed by atoms with van der Waals surface area (Å²) in [7, 11) is -3.76. The van der Waals surface area contributed by atoms with Gasteiger partial charge in [-0.15, -0.1) is 11.3 Å². The molecule has 0 saturated carbocycles. The van der Waals surface area contributed by atoms with Crippen molar-refractivity contribution in [3.8, 4) is 0 Å². The molecule has 9 heteroatoms. The molecule has 1 aliphatic rings. The summed E-state index contributed by atoms with van der Waals surface area (Å²) in [5.74, 6) is -0.334. The highest BCUT2D eigenvalue weighted by Crippen LogP contribution is 2.28. The van der Waals surface area contributed by atoms with Crippen LogP contribution in [0.4, 0.5) is 5.69 Å². The number of hydrogen-bond donors (Lipinski definition) is 1. The Kier molecular flexibility index (Phi) is 4.90. The summed E-state index contributed by atoms with van der Waals surface area (Å²) in [6.07, 6.45) is 1.12. The average molecular weight is 422 g/mol. The fourth-order valence-corrected chi connectivity index (χ4v) is 5.63. The predicted octanol–water partition coefficient (Wildman–Crippen LogP) is 3.74. The van der Waals surface area contributed by atoms with Gasteiger partial charge in [-0.3, -0.25) is 4.79 Å². The van der Waals surface area contributed by atoms with Crippen LogP contribution in [0.2, 0.25) is 5.02 Å². The molecule has 1 aliphatic heterocycles. The van der Waals surface area contributed by atoms with E-state index in [9.17, 15) is 13.2 Å². The summed E-state index contributed by atoms with van der Waals surface area (Å²) >= 11 is 7.37. The van der Waals surface area contributed by atoms with Gasteiger partial charge in [0.1, 0.15) is 6.04 Å². The van der Waals surface area contributed by atoms with Gasteiger partial charge in [0, 0.05) is 17.3 Å². The maximum Gasteiger partial charge on any atom is 0.243 e.